The number of aldehydes is 1. The maximum Gasteiger partial charge on any atom is 0.146 e. The van der Waals surface area contributed by atoms with Gasteiger partial charge in [0.2, 0.25) is 0 Å². The third kappa shape index (κ3) is 3.34. The van der Waals surface area contributed by atoms with Gasteiger partial charge in [0.25, 0.3) is 0 Å². The molecule has 0 aliphatic rings. The molecule has 0 saturated heterocycles. The van der Waals surface area contributed by atoms with Gasteiger partial charge >= 0.3 is 0 Å². The number of rotatable bonds is 4. The van der Waals surface area contributed by atoms with E-state index in [1.165, 1.54) is 5.56 Å². The number of hydrogen-bond acceptors (Lipinski definition) is 1. The molecule has 16 heavy (non-hydrogen) atoms. The third-order valence-corrected chi connectivity index (χ3v) is 2.74. The van der Waals surface area contributed by atoms with Crippen LogP contribution in [0.2, 0.25) is 0 Å². The third-order valence-electron chi connectivity index (χ3n) is 2.74. The highest BCUT2D eigenvalue weighted by molar-refractivity contribution is 5.82. The van der Waals surface area contributed by atoms with Crippen LogP contribution in [0, 0.1) is 5.92 Å². The first-order chi connectivity index (χ1) is 7.54. The van der Waals surface area contributed by atoms with Crippen molar-refractivity contribution in [3.63, 3.8) is 0 Å². The van der Waals surface area contributed by atoms with Crippen molar-refractivity contribution >= 4 is 12.4 Å². The smallest absolute Gasteiger partial charge is 0.146 e. The molecule has 0 N–H and O–H groups in total. The second kappa shape index (κ2) is 5.64. The van der Waals surface area contributed by atoms with Gasteiger partial charge in [0.1, 0.15) is 6.29 Å². The van der Waals surface area contributed by atoms with Crippen LogP contribution in [0.25, 0.3) is 6.08 Å². The second-order valence-electron chi connectivity index (χ2n) is 4.74. The van der Waals surface area contributed by atoms with E-state index in [-0.39, 0.29) is 5.92 Å². The topological polar surface area (TPSA) is 17.1 Å². The van der Waals surface area contributed by atoms with Crippen LogP contribution in [-0.2, 0) is 4.79 Å². The molecule has 0 aliphatic heterocycles. The van der Waals surface area contributed by atoms with Gasteiger partial charge in [0.05, 0.1) is 0 Å². The molecule has 0 aliphatic carbocycles. The van der Waals surface area contributed by atoms with E-state index in [2.05, 4.69) is 38.1 Å². The van der Waals surface area contributed by atoms with Gasteiger partial charge in [-0.1, -0.05) is 52.0 Å². The number of hydrogen-bond donors (Lipinski definition) is 0. The average molecular weight is 216 g/mol. The lowest BCUT2D eigenvalue weighted by Gasteiger charge is -2.06. The van der Waals surface area contributed by atoms with Gasteiger partial charge in [-0.25, -0.2) is 0 Å². The zero-order valence-corrected chi connectivity index (χ0v) is 10.5. The number of carbonyl (C=O) groups is 1. The fraction of sp³-hybridized carbons (Fsp3) is 0.400. The lowest BCUT2D eigenvalue weighted by atomic mass is 9.98. The minimum atomic E-state index is 0.280. The highest BCUT2D eigenvalue weighted by Gasteiger charge is 2.02. The maximum absolute atomic E-state index is 10.9. The number of carbonyl (C=O) groups excluding carboxylic acids is 1. The quantitative estimate of drug-likeness (QED) is 0.548. The Morgan fingerprint density at radius 3 is 2.00 bits per heavy atom. The van der Waals surface area contributed by atoms with Crippen molar-refractivity contribution in [1.82, 2.24) is 0 Å². The number of allylic oxidation sites excluding steroid dienone is 1. The Bertz CT molecular complexity index is 369. The van der Waals surface area contributed by atoms with Crippen molar-refractivity contribution in [2.24, 2.45) is 5.92 Å². The monoisotopic (exact) mass is 216 g/mol. The Hall–Kier alpha value is -1.37. The van der Waals surface area contributed by atoms with Crippen LogP contribution >= 0.6 is 0 Å². The Morgan fingerprint density at radius 1 is 1.06 bits per heavy atom. The molecular formula is C15H20O. The van der Waals surface area contributed by atoms with Gasteiger partial charge in [0.15, 0.2) is 0 Å². The van der Waals surface area contributed by atoms with Crippen LogP contribution in [0.1, 0.15) is 44.7 Å². The zero-order chi connectivity index (χ0) is 12.1. The molecule has 0 fully saturated rings. The van der Waals surface area contributed by atoms with Gasteiger partial charge in [-0.15, -0.1) is 0 Å². The first-order valence-corrected chi connectivity index (χ1v) is 5.81. The Labute approximate surface area is 98.2 Å². The van der Waals surface area contributed by atoms with Crippen LogP contribution in [0.15, 0.2) is 29.8 Å². The molecule has 1 nitrogen and oxygen atoms in total. The molecule has 0 unspecified atom stereocenters. The molecule has 1 rings (SSSR count). The van der Waals surface area contributed by atoms with E-state index in [9.17, 15) is 4.79 Å². The average Bonchev–Trinajstić information content (AvgIpc) is 2.26. The Kier molecular flexibility index (Phi) is 4.48. The lowest BCUT2D eigenvalue weighted by Crippen LogP contribution is -1.95. The summed E-state index contributed by atoms with van der Waals surface area (Å²) in [6, 6.07) is 8.39. The largest absolute Gasteiger partial charge is 0.298 e. The van der Waals surface area contributed by atoms with Crippen molar-refractivity contribution in [2.75, 3.05) is 0 Å². The fourth-order valence-corrected chi connectivity index (χ4v) is 1.51. The molecule has 86 valence electrons. The first-order valence-electron chi connectivity index (χ1n) is 5.81. The summed E-state index contributed by atoms with van der Waals surface area (Å²) in [5.74, 6) is 0.830. The second-order valence-corrected chi connectivity index (χ2v) is 4.74. The van der Waals surface area contributed by atoms with Gasteiger partial charge < -0.3 is 0 Å². The summed E-state index contributed by atoms with van der Waals surface area (Å²) in [6.45, 7) is 8.41. The van der Waals surface area contributed by atoms with Crippen LogP contribution in [0.4, 0.5) is 0 Å². The molecule has 1 aromatic rings. The van der Waals surface area contributed by atoms with E-state index in [1.54, 1.807) is 0 Å². The summed E-state index contributed by atoms with van der Waals surface area (Å²) in [5.41, 5.74) is 3.27. The van der Waals surface area contributed by atoms with Crippen LogP contribution in [0.3, 0.4) is 0 Å². The van der Waals surface area contributed by atoms with E-state index in [0.717, 1.165) is 17.4 Å². The van der Waals surface area contributed by atoms with Crippen molar-refractivity contribution in [3.8, 4) is 0 Å². The highest BCUT2D eigenvalue weighted by Crippen LogP contribution is 2.17. The molecule has 0 atom stereocenters. The van der Waals surface area contributed by atoms with E-state index in [4.69, 9.17) is 0 Å². The Balaban J connectivity index is 2.94. The summed E-state index contributed by atoms with van der Waals surface area (Å²) < 4.78 is 0. The molecule has 0 amide bonds. The Morgan fingerprint density at radius 2 is 1.62 bits per heavy atom. The summed E-state index contributed by atoms with van der Waals surface area (Å²) in [5, 5.41) is 0. The molecule has 1 heteroatoms. The summed E-state index contributed by atoms with van der Waals surface area (Å²) in [7, 11) is 0. The van der Waals surface area contributed by atoms with E-state index >= 15 is 0 Å². The van der Waals surface area contributed by atoms with Crippen molar-refractivity contribution < 1.29 is 4.79 Å². The SMILES string of the molecule is CC(C)/C(C=O)=C\c1ccc(C(C)C)cc1. The minimum absolute atomic E-state index is 0.280. The molecule has 0 radical (unpaired) electrons. The van der Waals surface area contributed by atoms with Gasteiger partial charge in [-0.3, -0.25) is 4.79 Å². The van der Waals surface area contributed by atoms with Crippen molar-refractivity contribution in [2.45, 2.75) is 33.6 Å². The molecule has 1 aromatic carbocycles. The zero-order valence-electron chi connectivity index (χ0n) is 10.5. The van der Waals surface area contributed by atoms with Crippen LogP contribution in [-0.4, -0.2) is 6.29 Å². The molecule has 0 bridgehead atoms. The normalized spacial score (nSPS) is 12.2. The van der Waals surface area contributed by atoms with Crippen molar-refractivity contribution in [3.05, 3.63) is 41.0 Å². The van der Waals surface area contributed by atoms with E-state index in [1.807, 2.05) is 19.9 Å². The number of benzene rings is 1. The van der Waals surface area contributed by atoms with Crippen molar-refractivity contribution in [1.29, 1.82) is 0 Å². The van der Waals surface area contributed by atoms with Gasteiger partial charge in [-0.2, -0.15) is 0 Å². The molecule has 0 aromatic heterocycles. The standard InChI is InChI=1S/C15H20O/c1-11(2)14-7-5-13(6-8-14)9-15(10-16)12(3)4/h5-12H,1-4H3/b15-9-. The molecule has 0 heterocycles. The summed E-state index contributed by atoms with van der Waals surface area (Å²) in [6.07, 6.45) is 2.91. The fourth-order valence-electron chi connectivity index (χ4n) is 1.51. The molecule has 0 spiro atoms. The van der Waals surface area contributed by atoms with Gasteiger partial charge in [-0.05, 0) is 34.6 Å². The maximum atomic E-state index is 10.9. The first kappa shape index (κ1) is 12.7. The molecule has 0 saturated carbocycles. The predicted molar refractivity (Wildman–Crippen MR) is 69.4 cm³/mol. The highest BCUT2D eigenvalue weighted by atomic mass is 16.1. The van der Waals surface area contributed by atoms with E-state index < -0.39 is 0 Å². The van der Waals surface area contributed by atoms with Gasteiger partial charge in [0, 0.05) is 0 Å². The predicted octanol–water partition coefficient (Wildman–Crippen LogP) is 4.05. The van der Waals surface area contributed by atoms with Crippen LogP contribution in [0.5, 0.6) is 0 Å². The summed E-state index contributed by atoms with van der Waals surface area (Å²) >= 11 is 0. The lowest BCUT2D eigenvalue weighted by molar-refractivity contribution is -0.105. The van der Waals surface area contributed by atoms with E-state index in [0.29, 0.717) is 5.92 Å². The minimum Gasteiger partial charge on any atom is -0.298 e. The van der Waals surface area contributed by atoms with Crippen LogP contribution < -0.4 is 0 Å². The molecular weight excluding hydrogens is 196 g/mol. The summed E-state index contributed by atoms with van der Waals surface area (Å²) in [4.78, 5) is 10.9.